The number of nitrogens with two attached hydrogens (primary N) is 2. The van der Waals surface area contributed by atoms with Crippen molar-refractivity contribution in [3.05, 3.63) is 71.8 Å². The van der Waals surface area contributed by atoms with Crippen molar-refractivity contribution >= 4 is 94.4 Å². The lowest BCUT2D eigenvalue weighted by Crippen LogP contribution is -2.28. The molecule has 59 heavy (non-hydrogen) atoms. The summed E-state index contributed by atoms with van der Waals surface area (Å²) in [6, 6.07) is 13.2. The van der Waals surface area contributed by atoms with Crippen molar-refractivity contribution in [2.45, 2.75) is 58.1 Å². The minimum Gasteiger partial charge on any atom is -0.611 e. The second-order valence-electron chi connectivity index (χ2n) is 14.4. The van der Waals surface area contributed by atoms with Crippen LogP contribution in [0.3, 0.4) is 0 Å². The molecule has 0 radical (unpaired) electrons. The third-order valence-corrected chi connectivity index (χ3v) is 16.9. The third-order valence-electron chi connectivity index (χ3n) is 10.3. The summed E-state index contributed by atoms with van der Waals surface area (Å²) >= 11 is 6.76. The van der Waals surface area contributed by atoms with Gasteiger partial charge in [-0.3, -0.25) is 0 Å². The third kappa shape index (κ3) is 8.39. The van der Waals surface area contributed by atoms with E-state index in [1.54, 1.807) is 31.8 Å². The van der Waals surface area contributed by atoms with E-state index in [0.717, 1.165) is 75.7 Å². The lowest BCUT2D eigenvalue weighted by Gasteiger charge is -2.27. The molecule has 0 aliphatic heterocycles. The van der Waals surface area contributed by atoms with Crippen LogP contribution in [0.25, 0.3) is 54.2 Å². The first-order valence-corrected chi connectivity index (χ1v) is 23.8. The number of benzene rings is 1. The Labute approximate surface area is 359 Å². The summed E-state index contributed by atoms with van der Waals surface area (Å²) in [6.45, 7) is 1.29. The number of hydrogen-bond donors (Lipinski definition) is 3. The van der Waals surface area contributed by atoms with Gasteiger partial charge < -0.3 is 35.4 Å². The predicted octanol–water partition coefficient (Wildman–Crippen LogP) is 8.48. The van der Waals surface area contributed by atoms with Crippen molar-refractivity contribution in [2.75, 3.05) is 49.4 Å². The molecule has 2 fully saturated rings. The maximum absolute atomic E-state index is 13.4. The predicted molar refractivity (Wildman–Crippen MR) is 238 cm³/mol. The van der Waals surface area contributed by atoms with E-state index in [9.17, 15) is 9.11 Å². The van der Waals surface area contributed by atoms with Crippen LogP contribution in [0.4, 0.5) is 17.3 Å². The Hall–Kier alpha value is -4.33. The van der Waals surface area contributed by atoms with Gasteiger partial charge in [-0.25, -0.2) is 29.9 Å². The topological polar surface area (TPSA) is 206 Å². The molecule has 6 heterocycles. The van der Waals surface area contributed by atoms with Gasteiger partial charge in [0.2, 0.25) is 20.2 Å². The molecule has 9 rings (SSSR count). The molecule has 2 atom stereocenters. The first-order valence-electron chi connectivity index (χ1n) is 19.3. The summed E-state index contributed by atoms with van der Waals surface area (Å²) in [5.74, 6) is 2.24. The van der Waals surface area contributed by atoms with E-state index in [2.05, 4.69) is 20.3 Å². The molecule has 5 N–H and O–H groups in total. The molecule has 1 aromatic carbocycles. The average Bonchev–Trinajstić information content (AvgIpc) is 3.95. The van der Waals surface area contributed by atoms with Crippen LogP contribution in [0.1, 0.15) is 50.1 Å². The molecule has 7 aromatic rings. The van der Waals surface area contributed by atoms with Gasteiger partial charge in [-0.2, -0.15) is 0 Å². The van der Waals surface area contributed by atoms with Gasteiger partial charge in [0.1, 0.15) is 38.6 Å². The average molecular weight is 887 g/mol. The number of fused-ring (bicyclic) bond motifs is 2. The number of anilines is 3. The van der Waals surface area contributed by atoms with Crippen LogP contribution in [0.2, 0.25) is 5.02 Å². The van der Waals surface area contributed by atoms with Crippen LogP contribution in [0.5, 0.6) is 5.88 Å². The molecule has 0 amide bonds. The minimum absolute atomic E-state index is 0.135. The molecule has 2 unspecified atom stereocenters. The highest BCUT2D eigenvalue weighted by Gasteiger charge is 2.36. The molecule has 13 nitrogen and oxygen atoms in total. The zero-order chi connectivity index (χ0) is 40.6. The Morgan fingerprint density at radius 3 is 2.32 bits per heavy atom. The lowest BCUT2D eigenvalue weighted by molar-refractivity contribution is 0.199. The molecule has 2 aliphatic rings. The summed E-state index contributed by atoms with van der Waals surface area (Å²) in [5.41, 5.74) is 19.1. The summed E-state index contributed by atoms with van der Waals surface area (Å²) in [6.07, 6.45) is 10.9. The number of hydrogen-bond acceptors (Lipinski definition) is 15. The van der Waals surface area contributed by atoms with E-state index >= 15 is 0 Å². The van der Waals surface area contributed by atoms with Gasteiger partial charge in [0, 0.05) is 76.8 Å². The summed E-state index contributed by atoms with van der Waals surface area (Å²) in [7, 11) is 1.64. The zero-order valence-corrected chi connectivity index (χ0v) is 36.0. The first-order chi connectivity index (χ1) is 28.7. The first kappa shape index (κ1) is 40.1. The largest absolute Gasteiger partial charge is 0.611 e. The molecule has 0 saturated heterocycles. The normalized spacial score (nSPS) is 15.4. The molecule has 2 saturated carbocycles. The van der Waals surface area contributed by atoms with E-state index in [1.807, 2.05) is 36.4 Å². The standard InChI is InChI=1S/C41H40ClN9O4S4/c1-54-14-4-16-58(52)39-34(44)32-35(22-9-10-22)50-36(51-38(32)56-39)24-11-12-30(46-19-24)55-15-13-45-41-47-20-25(21-48-41)29-18-28(23-5-2-6-26(42)17-23)31-33(43)40(57-37(31)49-29)59(53)27-7-3-8-27/h2,5-6,11-12,17-22,27H,3-4,7-10,13-16,43-44H2,1H3,(H,45,47,48). The molecular weight excluding hydrogens is 846 g/mol. The molecule has 0 spiro atoms. The number of pyridine rings is 2. The van der Waals surface area contributed by atoms with Gasteiger partial charge in [0.15, 0.2) is 5.82 Å². The van der Waals surface area contributed by atoms with Crippen molar-refractivity contribution in [3.63, 3.8) is 0 Å². The van der Waals surface area contributed by atoms with Gasteiger partial charge in [-0.15, -0.1) is 0 Å². The second kappa shape index (κ2) is 17.3. The Morgan fingerprint density at radius 2 is 1.61 bits per heavy atom. The van der Waals surface area contributed by atoms with E-state index in [0.29, 0.717) is 90.8 Å². The number of nitrogens with one attached hydrogen (secondary N) is 1. The molecular formula is C41H40ClN9O4S4. The quantitative estimate of drug-likeness (QED) is 0.0616. The number of nitrogen functional groups attached to an aromatic ring is 2. The number of halogens is 1. The highest BCUT2D eigenvalue weighted by Crippen LogP contribution is 2.48. The van der Waals surface area contributed by atoms with E-state index < -0.39 is 22.4 Å². The second-order valence-corrected chi connectivity index (χ2v) is 20.6. The number of ether oxygens (including phenoxy) is 2. The molecule has 6 aromatic heterocycles. The Bertz CT molecular complexity index is 2620. The van der Waals surface area contributed by atoms with E-state index in [4.69, 9.17) is 47.5 Å². The number of methoxy groups -OCH3 is 1. The Morgan fingerprint density at radius 1 is 0.847 bits per heavy atom. The maximum atomic E-state index is 13.4. The van der Waals surface area contributed by atoms with Crippen LogP contribution in [-0.2, 0) is 27.1 Å². The van der Waals surface area contributed by atoms with Crippen molar-refractivity contribution in [1.29, 1.82) is 0 Å². The van der Waals surface area contributed by atoms with Gasteiger partial charge >= 0.3 is 0 Å². The van der Waals surface area contributed by atoms with Crippen molar-refractivity contribution in [2.24, 2.45) is 0 Å². The lowest BCUT2D eigenvalue weighted by atomic mass is 10.00. The van der Waals surface area contributed by atoms with Crippen LogP contribution >= 0.6 is 34.3 Å². The van der Waals surface area contributed by atoms with Gasteiger partial charge in [-0.1, -0.05) is 46.4 Å². The fourth-order valence-electron chi connectivity index (χ4n) is 6.89. The van der Waals surface area contributed by atoms with Gasteiger partial charge in [0.05, 0.1) is 29.9 Å². The summed E-state index contributed by atoms with van der Waals surface area (Å²) in [4.78, 5) is 29.8. The van der Waals surface area contributed by atoms with Crippen LogP contribution in [0, 0.1) is 0 Å². The molecule has 18 heteroatoms. The molecule has 304 valence electrons. The number of thiophene rings is 2. The van der Waals surface area contributed by atoms with Crippen molar-refractivity contribution in [3.8, 4) is 39.7 Å². The zero-order valence-electron chi connectivity index (χ0n) is 32.0. The minimum atomic E-state index is -1.24. The van der Waals surface area contributed by atoms with Crippen LogP contribution in [-0.4, -0.2) is 76.9 Å². The molecule has 2 aliphatic carbocycles. The fourth-order valence-corrected chi connectivity index (χ4v) is 12.9. The van der Waals surface area contributed by atoms with Gasteiger partial charge in [0.25, 0.3) is 0 Å². The maximum Gasteiger partial charge on any atom is 0.232 e. The fraction of sp³-hybridized carbons (Fsp3) is 0.317. The van der Waals surface area contributed by atoms with Gasteiger partial charge in [-0.05, 0) is 78.7 Å². The smallest absolute Gasteiger partial charge is 0.232 e. The SMILES string of the molecule is COCCC[S+]([O-])c1sc2nc(-c3ccc(OCCNc4ncc(-c5cc(-c6cccc(Cl)c6)c6c(N)c([S+]([O-])C7CCC7)sc6n5)cn4)nc3)nc(C3CC3)c2c1N. The number of rotatable bonds is 16. The Balaban J connectivity index is 0.859. The van der Waals surface area contributed by atoms with Crippen LogP contribution in [0.15, 0.2) is 69.5 Å². The number of aromatic nitrogens is 6. The Kier molecular flexibility index (Phi) is 11.8. The van der Waals surface area contributed by atoms with E-state index in [1.165, 1.54) is 22.7 Å². The number of nitrogens with zero attached hydrogens (tertiary/aromatic N) is 6. The van der Waals surface area contributed by atoms with Crippen molar-refractivity contribution < 1.29 is 18.6 Å². The highest BCUT2D eigenvalue weighted by molar-refractivity contribution is 7.94. The summed E-state index contributed by atoms with van der Waals surface area (Å²) < 4.78 is 38.9. The monoisotopic (exact) mass is 885 g/mol. The van der Waals surface area contributed by atoms with Crippen LogP contribution < -0.4 is 21.5 Å². The van der Waals surface area contributed by atoms with Crippen molar-refractivity contribution in [1.82, 2.24) is 29.9 Å². The molecule has 0 bridgehead atoms. The highest BCUT2D eigenvalue weighted by atomic mass is 35.5. The summed E-state index contributed by atoms with van der Waals surface area (Å²) in [5, 5.41) is 5.55. The van der Waals surface area contributed by atoms with E-state index in [-0.39, 0.29) is 5.25 Å².